The highest BCUT2D eigenvalue weighted by atomic mass is 35.5. The Labute approximate surface area is 121 Å². The molecule has 2 aliphatic rings. The first kappa shape index (κ1) is 13.3. The Morgan fingerprint density at radius 2 is 1.95 bits per heavy atom. The van der Waals surface area contributed by atoms with E-state index in [0.29, 0.717) is 11.6 Å². The average molecular weight is 279 g/mol. The molecule has 0 bridgehead atoms. The second-order valence-corrected chi connectivity index (χ2v) is 6.56. The monoisotopic (exact) mass is 278 g/mol. The second-order valence-electron chi connectivity index (χ2n) is 6.15. The lowest BCUT2D eigenvalue weighted by molar-refractivity contribution is 0.200. The molecule has 1 spiro atoms. The Morgan fingerprint density at radius 1 is 1.21 bits per heavy atom. The lowest BCUT2D eigenvalue weighted by Crippen LogP contribution is -2.64. The van der Waals surface area contributed by atoms with Crippen molar-refractivity contribution in [3.63, 3.8) is 0 Å². The van der Waals surface area contributed by atoms with Crippen LogP contribution in [0.15, 0.2) is 24.3 Å². The lowest BCUT2D eigenvalue weighted by Gasteiger charge is -2.50. The molecule has 104 valence electrons. The van der Waals surface area contributed by atoms with E-state index in [1.165, 1.54) is 37.8 Å². The van der Waals surface area contributed by atoms with E-state index in [-0.39, 0.29) is 0 Å². The van der Waals surface area contributed by atoms with Gasteiger partial charge in [0.05, 0.1) is 10.7 Å². The van der Waals surface area contributed by atoms with Gasteiger partial charge in [-0.15, -0.1) is 0 Å². The zero-order valence-corrected chi connectivity index (χ0v) is 12.4. The summed E-state index contributed by atoms with van der Waals surface area (Å²) < 4.78 is 0. The molecule has 1 unspecified atom stereocenters. The summed E-state index contributed by atoms with van der Waals surface area (Å²) in [5.41, 5.74) is 1.52. The minimum atomic E-state index is 0.323. The third kappa shape index (κ3) is 2.61. The van der Waals surface area contributed by atoms with Crippen molar-refractivity contribution in [1.29, 1.82) is 0 Å². The van der Waals surface area contributed by atoms with Crippen molar-refractivity contribution in [3.8, 4) is 0 Å². The predicted molar refractivity (Wildman–Crippen MR) is 82.1 cm³/mol. The topological polar surface area (TPSA) is 15.3 Å². The van der Waals surface area contributed by atoms with Crippen LogP contribution in [0.4, 0.5) is 5.69 Å². The van der Waals surface area contributed by atoms with Crippen LogP contribution in [0.2, 0.25) is 5.02 Å². The fourth-order valence-electron chi connectivity index (χ4n) is 3.58. The van der Waals surface area contributed by atoms with Gasteiger partial charge in [0.2, 0.25) is 0 Å². The Kier molecular flexibility index (Phi) is 3.72. The summed E-state index contributed by atoms with van der Waals surface area (Å²) in [6.07, 6.45) is 6.72. The first-order valence-electron chi connectivity index (χ1n) is 7.46. The van der Waals surface area contributed by atoms with Crippen LogP contribution in [0, 0.1) is 0 Å². The molecule has 0 radical (unpaired) electrons. The van der Waals surface area contributed by atoms with Gasteiger partial charge in [-0.1, -0.05) is 43.0 Å². The van der Waals surface area contributed by atoms with Crippen molar-refractivity contribution in [2.75, 3.05) is 18.0 Å². The molecule has 1 saturated carbocycles. The molecule has 3 rings (SSSR count). The highest BCUT2D eigenvalue weighted by Gasteiger charge is 2.39. The predicted octanol–water partition coefficient (Wildman–Crippen LogP) is 3.84. The number of rotatable bonds is 1. The molecule has 1 aromatic carbocycles. The molecule has 2 fully saturated rings. The lowest BCUT2D eigenvalue weighted by atomic mass is 9.79. The first-order valence-corrected chi connectivity index (χ1v) is 7.84. The van der Waals surface area contributed by atoms with Crippen LogP contribution in [-0.2, 0) is 0 Å². The number of anilines is 1. The quantitative estimate of drug-likeness (QED) is 0.840. The Bertz CT molecular complexity index is 440. The third-order valence-corrected chi connectivity index (χ3v) is 5.07. The summed E-state index contributed by atoms with van der Waals surface area (Å²) in [4.78, 5) is 2.50. The van der Waals surface area contributed by atoms with Crippen LogP contribution >= 0.6 is 11.6 Å². The molecule has 1 saturated heterocycles. The molecule has 1 heterocycles. The molecular formula is C16H23ClN2. The first-order chi connectivity index (χ1) is 9.20. The van der Waals surface area contributed by atoms with Crippen molar-refractivity contribution < 1.29 is 0 Å². The van der Waals surface area contributed by atoms with Crippen LogP contribution in [0.5, 0.6) is 0 Å². The average Bonchev–Trinajstić information content (AvgIpc) is 2.44. The summed E-state index contributed by atoms with van der Waals surface area (Å²) in [5.74, 6) is 0. The Balaban J connectivity index is 1.85. The number of benzene rings is 1. The Morgan fingerprint density at radius 3 is 2.68 bits per heavy atom. The Hall–Kier alpha value is -0.730. The fraction of sp³-hybridized carbons (Fsp3) is 0.625. The molecule has 2 nitrogen and oxygen atoms in total. The van der Waals surface area contributed by atoms with Gasteiger partial charge >= 0.3 is 0 Å². The van der Waals surface area contributed by atoms with Crippen molar-refractivity contribution in [2.45, 2.75) is 50.6 Å². The normalized spacial score (nSPS) is 26.6. The zero-order valence-electron chi connectivity index (χ0n) is 11.7. The highest BCUT2D eigenvalue weighted by molar-refractivity contribution is 6.33. The molecule has 19 heavy (non-hydrogen) atoms. The molecule has 0 amide bonds. The summed E-state index contributed by atoms with van der Waals surface area (Å²) in [6.45, 7) is 4.44. The smallest absolute Gasteiger partial charge is 0.0639 e. The number of piperazine rings is 1. The van der Waals surface area contributed by atoms with E-state index in [1.807, 2.05) is 12.1 Å². The van der Waals surface area contributed by atoms with E-state index in [2.05, 4.69) is 29.3 Å². The second kappa shape index (κ2) is 5.34. The van der Waals surface area contributed by atoms with Crippen molar-refractivity contribution in [3.05, 3.63) is 29.3 Å². The van der Waals surface area contributed by atoms with Gasteiger partial charge in [-0.05, 0) is 31.9 Å². The number of hydrogen-bond donors (Lipinski definition) is 1. The summed E-state index contributed by atoms with van der Waals surface area (Å²) in [5, 5.41) is 4.70. The molecular weight excluding hydrogens is 256 g/mol. The number of halogens is 1. The van der Waals surface area contributed by atoms with Crippen molar-refractivity contribution in [2.24, 2.45) is 0 Å². The molecule has 1 aliphatic carbocycles. The SMILES string of the molecule is CC1CNC2(CCCCC2)CN1c1ccccc1Cl. The number of para-hydroxylation sites is 1. The van der Waals surface area contributed by atoms with Crippen LogP contribution in [-0.4, -0.2) is 24.7 Å². The molecule has 0 aromatic heterocycles. The molecule has 1 aliphatic heterocycles. The van der Waals surface area contributed by atoms with Crippen LogP contribution in [0.25, 0.3) is 0 Å². The summed E-state index contributed by atoms with van der Waals surface area (Å²) in [6, 6.07) is 8.76. The van der Waals surface area contributed by atoms with E-state index in [9.17, 15) is 0 Å². The van der Waals surface area contributed by atoms with Gasteiger partial charge in [-0.25, -0.2) is 0 Å². The van der Waals surface area contributed by atoms with Gasteiger partial charge in [-0.3, -0.25) is 0 Å². The van der Waals surface area contributed by atoms with E-state index < -0.39 is 0 Å². The van der Waals surface area contributed by atoms with Crippen LogP contribution in [0.1, 0.15) is 39.0 Å². The number of nitrogens with zero attached hydrogens (tertiary/aromatic N) is 1. The highest BCUT2D eigenvalue weighted by Crippen LogP contribution is 2.35. The van der Waals surface area contributed by atoms with Gasteiger partial charge in [0.15, 0.2) is 0 Å². The maximum Gasteiger partial charge on any atom is 0.0639 e. The minimum absolute atomic E-state index is 0.323. The van der Waals surface area contributed by atoms with E-state index in [0.717, 1.165) is 18.1 Å². The van der Waals surface area contributed by atoms with E-state index in [4.69, 9.17) is 11.6 Å². The maximum absolute atomic E-state index is 6.39. The molecule has 1 N–H and O–H groups in total. The fourth-order valence-corrected chi connectivity index (χ4v) is 3.83. The van der Waals surface area contributed by atoms with E-state index in [1.54, 1.807) is 0 Å². The molecule has 1 aromatic rings. The van der Waals surface area contributed by atoms with Gasteiger partial charge in [0.25, 0.3) is 0 Å². The van der Waals surface area contributed by atoms with Crippen molar-refractivity contribution in [1.82, 2.24) is 5.32 Å². The summed E-state index contributed by atoms with van der Waals surface area (Å²) in [7, 11) is 0. The van der Waals surface area contributed by atoms with Crippen molar-refractivity contribution >= 4 is 17.3 Å². The third-order valence-electron chi connectivity index (χ3n) is 4.75. The van der Waals surface area contributed by atoms with Gasteiger partial charge in [-0.2, -0.15) is 0 Å². The minimum Gasteiger partial charge on any atom is -0.364 e. The van der Waals surface area contributed by atoms with E-state index >= 15 is 0 Å². The number of hydrogen-bond acceptors (Lipinski definition) is 2. The molecule has 1 atom stereocenters. The maximum atomic E-state index is 6.39. The summed E-state index contributed by atoms with van der Waals surface area (Å²) >= 11 is 6.39. The standard InChI is InChI=1S/C16H23ClN2/c1-13-11-18-16(9-5-2-6-10-16)12-19(13)15-8-4-3-7-14(15)17/h3-4,7-8,13,18H,2,5-6,9-12H2,1H3. The zero-order chi connectivity index (χ0) is 13.3. The van der Waals surface area contributed by atoms with Gasteiger partial charge < -0.3 is 10.2 Å². The van der Waals surface area contributed by atoms with Gasteiger partial charge in [0.1, 0.15) is 0 Å². The van der Waals surface area contributed by atoms with Crippen LogP contribution in [0.3, 0.4) is 0 Å². The molecule has 3 heteroatoms. The largest absolute Gasteiger partial charge is 0.364 e. The van der Waals surface area contributed by atoms with Crippen LogP contribution < -0.4 is 10.2 Å². The number of nitrogens with one attached hydrogen (secondary N) is 1. The van der Waals surface area contributed by atoms with Gasteiger partial charge in [0, 0.05) is 24.7 Å².